The Hall–Kier alpha value is -3.32. The molecule has 0 saturated heterocycles. The number of carbonyl (C=O) groups excluding carboxylic acids is 2. The highest BCUT2D eigenvalue weighted by Gasteiger charge is 2.34. The van der Waals surface area contributed by atoms with Gasteiger partial charge in [0.05, 0.1) is 25.8 Å². The molecule has 0 spiro atoms. The number of benzene rings is 2. The lowest BCUT2D eigenvalue weighted by molar-refractivity contribution is -0.134. The second kappa shape index (κ2) is 11.6. The number of carbonyl (C=O) groups is 2. The molecule has 0 bridgehead atoms. The van der Waals surface area contributed by atoms with Gasteiger partial charge in [-0.3, -0.25) is 9.59 Å². The maximum atomic E-state index is 13.8. The van der Waals surface area contributed by atoms with Crippen molar-refractivity contribution >= 4 is 23.2 Å². The van der Waals surface area contributed by atoms with Crippen LogP contribution in [0.5, 0.6) is 11.5 Å². The lowest BCUT2D eigenvalue weighted by atomic mass is 9.92. The van der Waals surface area contributed by atoms with Gasteiger partial charge in [0.15, 0.2) is 0 Å². The summed E-state index contributed by atoms with van der Waals surface area (Å²) in [7, 11) is 3.11. The Morgan fingerprint density at radius 1 is 1.08 bits per heavy atom. The van der Waals surface area contributed by atoms with E-state index in [1.54, 1.807) is 41.5 Å². The summed E-state index contributed by atoms with van der Waals surface area (Å²) in [5, 5.41) is 2.10. The van der Waals surface area contributed by atoms with Crippen LogP contribution in [0.15, 0.2) is 53.9 Å². The first-order chi connectivity index (χ1) is 17.5. The first-order valence-electron chi connectivity index (χ1n) is 12.4. The minimum atomic E-state index is -0.212. The number of ether oxygens (including phenoxy) is 2. The van der Waals surface area contributed by atoms with Gasteiger partial charge in [0, 0.05) is 24.0 Å². The molecule has 2 amide bonds. The standard InChI is InChI=1S/C29H34N2O4S/c1-5-6-15-30(29(33)23-12-11-22(34-3)18-25(23)35-4)19-27(32)31-16-13-26-24(14-17-36-26)28(31)21-9-7-20(2)8-10-21/h7-12,14,17-18,28H,5-6,13,15-16,19H2,1-4H3. The molecule has 0 aliphatic carbocycles. The number of nitrogens with zero attached hydrogens (tertiary/aromatic N) is 2. The molecular weight excluding hydrogens is 472 g/mol. The third kappa shape index (κ3) is 5.41. The van der Waals surface area contributed by atoms with Gasteiger partial charge in [0.2, 0.25) is 5.91 Å². The molecule has 2 heterocycles. The third-order valence-corrected chi connectivity index (χ3v) is 7.71. The molecule has 190 valence electrons. The molecule has 1 unspecified atom stereocenters. The van der Waals surface area contributed by atoms with Gasteiger partial charge in [-0.05, 0) is 54.5 Å². The Labute approximate surface area is 217 Å². The van der Waals surface area contributed by atoms with E-state index in [0.29, 0.717) is 30.2 Å². The van der Waals surface area contributed by atoms with Gasteiger partial charge in [-0.1, -0.05) is 43.2 Å². The number of methoxy groups -OCH3 is 2. The van der Waals surface area contributed by atoms with Crippen molar-refractivity contribution in [2.24, 2.45) is 0 Å². The van der Waals surface area contributed by atoms with Crippen LogP contribution in [0.3, 0.4) is 0 Å². The van der Waals surface area contributed by atoms with Gasteiger partial charge in [-0.2, -0.15) is 0 Å². The largest absolute Gasteiger partial charge is 0.497 e. The highest BCUT2D eigenvalue weighted by Crippen LogP contribution is 2.38. The number of unbranched alkanes of at least 4 members (excludes halogenated alkanes) is 1. The molecule has 3 aromatic rings. The summed E-state index contributed by atoms with van der Waals surface area (Å²) in [5.74, 6) is 0.790. The summed E-state index contributed by atoms with van der Waals surface area (Å²) in [6.07, 6.45) is 2.57. The first-order valence-corrected chi connectivity index (χ1v) is 13.3. The molecule has 7 heteroatoms. The quantitative estimate of drug-likeness (QED) is 0.385. The van der Waals surface area contributed by atoms with Crippen molar-refractivity contribution in [2.45, 2.75) is 39.2 Å². The van der Waals surface area contributed by atoms with Crippen LogP contribution in [0.1, 0.15) is 57.7 Å². The second-order valence-corrected chi connectivity index (χ2v) is 10.1. The number of aryl methyl sites for hydroxylation is 1. The molecule has 2 aromatic carbocycles. The Morgan fingerprint density at radius 2 is 1.86 bits per heavy atom. The van der Waals surface area contributed by atoms with Gasteiger partial charge < -0.3 is 19.3 Å². The fourth-order valence-corrected chi connectivity index (χ4v) is 5.60. The van der Waals surface area contributed by atoms with Crippen LogP contribution < -0.4 is 9.47 Å². The zero-order chi connectivity index (χ0) is 25.7. The molecule has 1 aliphatic heterocycles. The van der Waals surface area contributed by atoms with E-state index >= 15 is 0 Å². The van der Waals surface area contributed by atoms with Crippen LogP contribution in [0.2, 0.25) is 0 Å². The number of fused-ring (bicyclic) bond motifs is 1. The van der Waals surface area contributed by atoms with Crippen molar-refractivity contribution < 1.29 is 19.1 Å². The molecule has 1 aromatic heterocycles. The van der Waals surface area contributed by atoms with Crippen molar-refractivity contribution in [2.75, 3.05) is 33.9 Å². The van der Waals surface area contributed by atoms with Gasteiger partial charge in [-0.25, -0.2) is 0 Å². The van der Waals surface area contributed by atoms with E-state index in [0.717, 1.165) is 24.8 Å². The summed E-state index contributed by atoms with van der Waals surface area (Å²) in [4.78, 5) is 32.4. The van der Waals surface area contributed by atoms with E-state index in [1.165, 1.54) is 23.1 Å². The molecule has 0 N–H and O–H groups in total. The highest BCUT2D eigenvalue weighted by atomic mass is 32.1. The molecular formula is C29H34N2O4S. The van der Waals surface area contributed by atoms with E-state index in [1.807, 2.05) is 4.90 Å². The van der Waals surface area contributed by atoms with Gasteiger partial charge >= 0.3 is 0 Å². The van der Waals surface area contributed by atoms with Gasteiger partial charge in [0.1, 0.15) is 18.0 Å². The number of amides is 2. The minimum absolute atomic E-state index is 0.0237. The van der Waals surface area contributed by atoms with Crippen LogP contribution in [0, 0.1) is 6.92 Å². The molecule has 1 atom stereocenters. The maximum absolute atomic E-state index is 13.8. The summed E-state index contributed by atoms with van der Waals surface area (Å²) in [6.45, 7) is 5.30. The average Bonchev–Trinajstić information content (AvgIpc) is 3.39. The SMILES string of the molecule is CCCCN(CC(=O)N1CCc2sccc2C1c1ccc(C)cc1)C(=O)c1ccc(OC)cc1OC. The van der Waals surface area contributed by atoms with Crippen LogP contribution in [0.25, 0.3) is 0 Å². The van der Waals surface area contributed by atoms with Crippen LogP contribution in [-0.4, -0.2) is 55.5 Å². The predicted octanol–water partition coefficient (Wildman–Crippen LogP) is 5.49. The smallest absolute Gasteiger partial charge is 0.258 e. The normalized spacial score (nSPS) is 14.8. The van der Waals surface area contributed by atoms with Gasteiger partial charge in [0.25, 0.3) is 5.91 Å². The number of thiophene rings is 1. The topological polar surface area (TPSA) is 59.1 Å². The number of hydrogen-bond acceptors (Lipinski definition) is 5. The molecule has 4 rings (SSSR count). The van der Waals surface area contributed by atoms with Gasteiger partial charge in [-0.15, -0.1) is 11.3 Å². The lowest BCUT2D eigenvalue weighted by Crippen LogP contribution is -2.47. The molecule has 0 radical (unpaired) electrons. The molecule has 36 heavy (non-hydrogen) atoms. The summed E-state index contributed by atoms with van der Waals surface area (Å²) >= 11 is 1.75. The fourth-order valence-electron chi connectivity index (χ4n) is 4.69. The fraction of sp³-hybridized carbons (Fsp3) is 0.379. The van der Waals surface area contributed by atoms with Crippen molar-refractivity contribution in [3.63, 3.8) is 0 Å². The zero-order valence-electron chi connectivity index (χ0n) is 21.5. The summed E-state index contributed by atoms with van der Waals surface area (Å²) in [6, 6.07) is 15.5. The monoisotopic (exact) mass is 506 g/mol. The van der Waals surface area contributed by atoms with Crippen LogP contribution in [0.4, 0.5) is 0 Å². The zero-order valence-corrected chi connectivity index (χ0v) is 22.3. The van der Waals surface area contributed by atoms with E-state index in [4.69, 9.17) is 9.47 Å². The lowest BCUT2D eigenvalue weighted by Gasteiger charge is -2.37. The molecule has 0 fully saturated rings. The molecule has 0 saturated carbocycles. The van der Waals surface area contributed by atoms with E-state index in [-0.39, 0.29) is 24.4 Å². The van der Waals surface area contributed by atoms with E-state index in [2.05, 4.69) is 49.6 Å². The Kier molecular flexibility index (Phi) is 8.31. The predicted molar refractivity (Wildman–Crippen MR) is 143 cm³/mol. The maximum Gasteiger partial charge on any atom is 0.258 e. The Balaban J connectivity index is 1.62. The van der Waals surface area contributed by atoms with Crippen molar-refractivity contribution in [1.29, 1.82) is 0 Å². The van der Waals surface area contributed by atoms with Crippen molar-refractivity contribution in [3.8, 4) is 11.5 Å². The average molecular weight is 507 g/mol. The van der Waals surface area contributed by atoms with E-state index in [9.17, 15) is 9.59 Å². The molecule has 6 nitrogen and oxygen atoms in total. The Morgan fingerprint density at radius 3 is 2.56 bits per heavy atom. The third-order valence-electron chi connectivity index (χ3n) is 6.71. The highest BCUT2D eigenvalue weighted by molar-refractivity contribution is 7.10. The summed E-state index contributed by atoms with van der Waals surface area (Å²) in [5.41, 5.74) is 3.89. The van der Waals surface area contributed by atoms with Crippen LogP contribution in [-0.2, 0) is 11.2 Å². The van der Waals surface area contributed by atoms with E-state index < -0.39 is 0 Å². The Bertz CT molecular complexity index is 1200. The first kappa shape index (κ1) is 25.8. The van der Waals surface area contributed by atoms with Crippen LogP contribution >= 0.6 is 11.3 Å². The molecule has 1 aliphatic rings. The summed E-state index contributed by atoms with van der Waals surface area (Å²) < 4.78 is 10.8. The van der Waals surface area contributed by atoms with Crippen molar-refractivity contribution in [3.05, 3.63) is 81.0 Å². The second-order valence-electron chi connectivity index (χ2n) is 9.10. The number of hydrogen-bond donors (Lipinski definition) is 0. The number of rotatable bonds is 9. The van der Waals surface area contributed by atoms with Crippen molar-refractivity contribution in [1.82, 2.24) is 9.80 Å². The minimum Gasteiger partial charge on any atom is -0.497 e.